The van der Waals surface area contributed by atoms with Crippen molar-refractivity contribution in [3.63, 3.8) is 0 Å². The summed E-state index contributed by atoms with van der Waals surface area (Å²) < 4.78 is 19.3. The summed E-state index contributed by atoms with van der Waals surface area (Å²) in [6.07, 6.45) is 0. The Kier molecular flexibility index (Phi) is 16.6. The number of nitrogens with zero attached hydrogens (tertiary/aromatic N) is 14. The second-order valence-corrected chi connectivity index (χ2v) is 36.4. The summed E-state index contributed by atoms with van der Waals surface area (Å²) in [6, 6.07) is 166. The van der Waals surface area contributed by atoms with Crippen LogP contribution in [0.1, 0.15) is 0 Å². The molecular formula is C126H76N14. The van der Waals surface area contributed by atoms with Gasteiger partial charge >= 0.3 is 0 Å². The van der Waals surface area contributed by atoms with Crippen molar-refractivity contribution < 1.29 is 0 Å². The van der Waals surface area contributed by atoms with Crippen LogP contribution in [-0.4, -0.2) is 66.4 Å². The first-order valence-corrected chi connectivity index (χ1v) is 47.5. The molecule has 14 heteroatoms. The molecule has 30 aromatic rings. The van der Waals surface area contributed by atoms with Gasteiger partial charge in [0, 0.05) is 143 Å². The topological polar surface area (TPSA) is 117 Å². The molecule has 10 aromatic heterocycles. The van der Waals surface area contributed by atoms with E-state index in [1.165, 1.54) is 16.2 Å². The number of rotatable bonds is 13. The summed E-state index contributed by atoms with van der Waals surface area (Å²) in [6.45, 7) is 0. The minimum absolute atomic E-state index is 0.478. The Morgan fingerprint density at radius 3 is 0.736 bits per heavy atom. The summed E-state index contributed by atoms with van der Waals surface area (Å²) >= 11 is 0. The number of hydrogen-bond acceptors (Lipinski definition) is 6. The molecule has 0 aliphatic heterocycles. The third kappa shape index (κ3) is 11.3. The highest BCUT2D eigenvalue weighted by atomic mass is 15.3. The summed E-state index contributed by atoms with van der Waals surface area (Å²) in [7, 11) is 0. The third-order valence-electron chi connectivity index (χ3n) is 28.9. The van der Waals surface area contributed by atoms with E-state index in [1.807, 2.05) is 24.3 Å². The minimum atomic E-state index is 0.478. The molecule has 0 amide bonds. The minimum Gasteiger partial charge on any atom is -0.307 e. The predicted molar refractivity (Wildman–Crippen MR) is 575 cm³/mol. The lowest BCUT2D eigenvalue weighted by Crippen LogP contribution is -2.11. The second-order valence-electron chi connectivity index (χ2n) is 36.4. The van der Waals surface area contributed by atoms with Gasteiger partial charge in [-0.2, -0.15) is 15.0 Å². The first-order chi connectivity index (χ1) is 69.5. The van der Waals surface area contributed by atoms with E-state index in [2.05, 4.69) is 473 Å². The summed E-state index contributed by atoms with van der Waals surface area (Å²) in [5.41, 5.74) is 28.6. The molecule has 0 aliphatic rings. The monoisotopic (exact) mass is 1780 g/mol. The van der Waals surface area contributed by atoms with E-state index in [-0.39, 0.29) is 0 Å². The number of hydrogen-bond donors (Lipinski definition) is 0. The van der Waals surface area contributed by atoms with Crippen LogP contribution in [0.15, 0.2) is 461 Å². The fourth-order valence-corrected chi connectivity index (χ4v) is 23.1. The van der Waals surface area contributed by atoms with Crippen LogP contribution in [0.25, 0.3) is 277 Å². The molecule has 0 saturated heterocycles. The van der Waals surface area contributed by atoms with Gasteiger partial charge in [0.05, 0.1) is 88.3 Å². The van der Waals surface area contributed by atoms with Crippen LogP contribution in [-0.2, 0) is 0 Å². The molecule has 30 rings (SSSR count). The Hall–Kier alpha value is -19.2. The maximum absolute atomic E-state index is 5.93. The Labute approximate surface area is 799 Å². The van der Waals surface area contributed by atoms with Gasteiger partial charge in [0.25, 0.3) is 0 Å². The normalized spacial score (nSPS) is 12.1. The third-order valence-corrected chi connectivity index (χ3v) is 28.9. The Bertz CT molecular complexity index is 10500. The van der Waals surface area contributed by atoms with Crippen molar-refractivity contribution in [2.45, 2.75) is 0 Å². The fraction of sp³-hybridized carbons (Fsp3) is 0. The molecule has 20 aromatic carbocycles. The number of para-hydroxylation sites is 10. The lowest BCUT2D eigenvalue weighted by Gasteiger charge is -2.15. The highest BCUT2D eigenvalue weighted by Gasteiger charge is 2.32. The van der Waals surface area contributed by atoms with Gasteiger partial charge < -0.3 is 27.4 Å². The number of fused-ring (bicyclic) bond motifs is 28. The van der Waals surface area contributed by atoms with Crippen LogP contribution in [0.4, 0.5) is 0 Å². The van der Waals surface area contributed by atoms with Gasteiger partial charge in [-0.05, 0) is 139 Å². The molecule has 0 bridgehead atoms. The fourth-order valence-electron chi connectivity index (χ4n) is 23.1. The van der Waals surface area contributed by atoms with Crippen molar-refractivity contribution in [3.8, 4) is 103 Å². The van der Waals surface area contributed by atoms with Crippen molar-refractivity contribution in [1.29, 1.82) is 0 Å². The Balaban J connectivity index is 0.631. The maximum atomic E-state index is 5.93. The molecular weight excluding hydrogens is 1710 g/mol. The first kappa shape index (κ1) is 77.3. The number of benzene rings is 20. The van der Waals surface area contributed by atoms with Gasteiger partial charge in [0.2, 0.25) is 11.9 Å². The average Bonchev–Trinajstić information content (AvgIpc) is 1.54. The zero-order valence-electron chi connectivity index (χ0n) is 75.1. The van der Waals surface area contributed by atoms with E-state index >= 15 is 0 Å². The van der Waals surface area contributed by atoms with Crippen molar-refractivity contribution in [3.05, 3.63) is 461 Å². The molecule has 0 unspecified atom stereocenters. The Morgan fingerprint density at radius 2 is 0.371 bits per heavy atom. The molecule has 0 N–H and O–H groups in total. The molecule has 0 saturated carbocycles. The quantitative estimate of drug-likeness (QED) is 0.113. The summed E-state index contributed by atoms with van der Waals surface area (Å²) in [5.74, 6) is 3.16. The van der Waals surface area contributed by atoms with E-state index in [0.29, 0.717) is 35.2 Å². The highest BCUT2D eigenvalue weighted by Crippen LogP contribution is 2.51. The zero-order valence-corrected chi connectivity index (χ0v) is 75.1. The standard InChI is InChI=1S/C126H76N14/c1-7-34-77(35-8-1)121-127-123(80-38-31-48-86(74-80)137-107-60-28-22-53-92(107)97-66-65-95-89-50-19-25-57-104(89)133(113(95)115(97)137)82-40-11-3-12-41-82)129-124(128-121)81-39-32-49-87(75-81)138-110-73-64-79(76-103(110)101-70-69-96-90-51-20-26-58-105(90)134(114(96)117(101)138)83-42-13-4-14-43-83)88-56-33-63-111-112(88)102-72-71-100-94-55-24-30-62-109(94)140(119(100)120(102)136(111)85-46-17-6-18-47-85)126-131-122(78-36-9-2-10-37-78)130-125(132-126)139-108-61-29-23-54-93(108)99-68-67-98-91-52-21-27-59-106(91)135(116(98)118(99)139)84-44-15-5-16-45-84/h1-76H. The molecule has 0 aliphatic carbocycles. The summed E-state index contributed by atoms with van der Waals surface area (Å²) in [5, 5.41) is 17.9. The lowest BCUT2D eigenvalue weighted by molar-refractivity contribution is 0.893. The second kappa shape index (κ2) is 30.2. The van der Waals surface area contributed by atoms with Crippen LogP contribution in [0, 0.1) is 0 Å². The van der Waals surface area contributed by atoms with Gasteiger partial charge in [0.15, 0.2) is 23.3 Å². The number of aromatic nitrogens is 14. The van der Waals surface area contributed by atoms with Gasteiger partial charge in [-0.15, -0.1) is 0 Å². The van der Waals surface area contributed by atoms with Crippen molar-refractivity contribution in [2.24, 2.45) is 0 Å². The largest absolute Gasteiger partial charge is 0.307 e. The molecule has 0 spiro atoms. The molecule has 14 nitrogen and oxygen atoms in total. The van der Waals surface area contributed by atoms with Crippen LogP contribution in [0.5, 0.6) is 0 Å². The first-order valence-electron chi connectivity index (χ1n) is 47.5. The van der Waals surface area contributed by atoms with E-state index < -0.39 is 0 Å². The van der Waals surface area contributed by atoms with E-state index in [4.69, 9.17) is 29.9 Å². The average molecular weight is 1790 g/mol. The van der Waals surface area contributed by atoms with Crippen molar-refractivity contribution in [2.75, 3.05) is 0 Å². The SMILES string of the molecule is c1ccc(-c2nc(-c3cccc(-n4c5ccccc5c5ccc6c7ccccc7n(-c7ccccc7)c6c54)c3)nc(-c3cccc(-n4c5ccc(-c6cccc7c6c6ccc8c9ccccc9n(-c9nc(-c%10ccccc%10)nc(-n%10c%11ccccc%11c%11ccc%12c%13ccccc%13n(-c%13ccccc%13)c%12c%11%10)n9)c8c6n7-c6ccccc6)cc5c5ccc6c7ccccc7n(-c7ccccc7)c6c54)c3)n2)cc1. The lowest BCUT2D eigenvalue weighted by atomic mass is 9.97. The van der Waals surface area contributed by atoms with Crippen LogP contribution >= 0.6 is 0 Å². The van der Waals surface area contributed by atoms with E-state index in [0.717, 1.165) is 226 Å². The molecule has 0 radical (unpaired) electrons. The molecule has 140 heavy (non-hydrogen) atoms. The molecule has 0 atom stereocenters. The van der Waals surface area contributed by atoms with Gasteiger partial charge in [-0.1, -0.05) is 334 Å². The van der Waals surface area contributed by atoms with Crippen molar-refractivity contribution >= 4 is 174 Å². The molecule has 10 heterocycles. The van der Waals surface area contributed by atoms with E-state index in [1.54, 1.807) is 0 Å². The Morgan fingerprint density at radius 1 is 0.129 bits per heavy atom. The molecule has 650 valence electrons. The van der Waals surface area contributed by atoms with Crippen LogP contribution in [0.3, 0.4) is 0 Å². The predicted octanol–water partition coefficient (Wildman–Crippen LogP) is 31.2. The van der Waals surface area contributed by atoms with E-state index in [9.17, 15) is 0 Å². The van der Waals surface area contributed by atoms with Crippen LogP contribution in [0.2, 0.25) is 0 Å². The van der Waals surface area contributed by atoms with Crippen molar-refractivity contribution in [1.82, 2.24) is 66.4 Å². The highest BCUT2D eigenvalue weighted by molar-refractivity contribution is 6.30. The zero-order chi connectivity index (χ0) is 91.5. The van der Waals surface area contributed by atoms with Crippen LogP contribution < -0.4 is 0 Å². The summed E-state index contributed by atoms with van der Waals surface area (Å²) in [4.78, 5) is 33.9. The van der Waals surface area contributed by atoms with Gasteiger partial charge in [-0.25, -0.2) is 15.0 Å². The maximum Gasteiger partial charge on any atom is 0.240 e. The molecule has 0 fully saturated rings. The van der Waals surface area contributed by atoms with Gasteiger partial charge in [-0.3, -0.25) is 9.13 Å². The smallest absolute Gasteiger partial charge is 0.240 e. The van der Waals surface area contributed by atoms with Gasteiger partial charge in [0.1, 0.15) is 0 Å².